The van der Waals surface area contributed by atoms with E-state index in [4.69, 9.17) is 4.74 Å². The van der Waals surface area contributed by atoms with Crippen molar-refractivity contribution in [3.05, 3.63) is 34.4 Å². The van der Waals surface area contributed by atoms with E-state index in [1.165, 1.54) is 18.0 Å². The van der Waals surface area contributed by atoms with E-state index < -0.39 is 11.7 Å². The second kappa shape index (κ2) is 6.37. The number of carbonyl (C=O) groups is 1. The lowest BCUT2D eigenvalue weighted by atomic mass is 9.98. The van der Waals surface area contributed by atoms with Crippen molar-refractivity contribution in [3.8, 4) is 0 Å². The number of ether oxygens (including phenoxy) is 1. The van der Waals surface area contributed by atoms with Crippen LogP contribution >= 0.6 is 0 Å². The predicted molar refractivity (Wildman–Crippen MR) is 82.5 cm³/mol. The number of halogens is 3. The molecule has 1 fully saturated rings. The topological polar surface area (TPSA) is 32.8 Å². The molecule has 1 amide bonds. The van der Waals surface area contributed by atoms with Gasteiger partial charge in [0.2, 0.25) is 0 Å². The Morgan fingerprint density at radius 1 is 1.25 bits per heavy atom. The zero-order valence-electron chi connectivity index (χ0n) is 13.8. The number of alkyl halides is 3. The van der Waals surface area contributed by atoms with E-state index in [0.29, 0.717) is 12.1 Å². The fourth-order valence-electron chi connectivity index (χ4n) is 3.51. The maximum Gasteiger partial charge on any atom is 0.416 e. The molecule has 3 rings (SSSR count). The number of carbonyl (C=O) groups excluding carboxylic acids is 1. The molecular weight excluding hydrogens is 321 g/mol. The SMILES string of the molecule is COC1CCN(Cc2cc3c(c(C(F)(F)F)c2)CN(C)C3=O)CC1. The Kier molecular flexibility index (Phi) is 4.57. The molecule has 24 heavy (non-hydrogen) atoms. The summed E-state index contributed by atoms with van der Waals surface area (Å²) in [5.41, 5.74) is 0.144. The van der Waals surface area contributed by atoms with Crippen LogP contribution < -0.4 is 0 Å². The van der Waals surface area contributed by atoms with E-state index in [9.17, 15) is 18.0 Å². The molecule has 0 unspecified atom stereocenters. The van der Waals surface area contributed by atoms with Gasteiger partial charge in [0.05, 0.1) is 11.7 Å². The molecule has 2 aliphatic rings. The first-order chi connectivity index (χ1) is 11.3. The Hall–Kier alpha value is -1.60. The zero-order chi connectivity index (χ0) is 17.5. The molecule has 2 heterocycles. The summed E-state index contributed by atoms with van der Waals surface area (Å²) in [5, 5.41) is 0. The third-order valence-electron chi connectivity index (χ3n) is 4.86. The Morgan fingerprint density at radius 3 is 2.50 bits per heavy atom. The lowest BCUT2D eigenvalue weighted by molar-refractivity contribution is -0.138. The van der Waals surface area contributed by atoms with Crippen LogP contribution in [0.5, 0.6) is 0 Å². The molecule has 1 aromatic carbocycles. The number of piperidine rings is 1. The molecule has 7 heteroatoms. The molecule has 0 atom stereocenters. The van der Waals surface area contributed by atoms with Crippen molar-refractivity contribution in [2.24, 2.45) is 0 Å². The maximum atomic E-state index is 13.4. The summed E-state index contributed by atoms with van der Waals surface area (Å²) in [5.74, 6) is -0.338. The molecule has 1 saturated heterocycles. The summed E-state index contributed by atoms with van der Waals surface area (Å²) in [6.45, 7) is 2.00. The number of likely N-dealkylation sites (tertiary alicyclic amines) is 1. The van der Waals surface area contributed by atoms with Gasteiger partial charge in [-0.2, -0.15) is 13.2 Å². The number of fused-ring (bicyclic) bond motifs is 1. The Balaban J connectivity index is 1.86. The molecule has 1 aromatic rings. The molecule has 132 valence electrons. The van der Waals surface area contributed by atoms with Gasteiger partial charge in [0.25, 0.3) is 5.91 Å². The highest BCUT2D eigenvalue weighted by molar-refractivity contribution is 5.98. The van der Waals surface area contributed by atoms with Crippen LogP contribution in [-0.4, -0.2) is 49.1 Å². The van der Waals surface area contributed by atoms with Gasteiger partial charge in [0.1, 0.15) is 0 Å². The molecule has 4 nitrogen and oxygen atoms in total. The van der Waals surface area contributed by atoms with Gasteiger partial charge >= 0.3 is 6.18 Å². The van der Waals surface area contributed by atoms with E-state index in [2.05, 4.69) is 4.90 Å². The normalized spacial score (nSPS) is 19.9. The van der Waals surface area contributed by atoms with Gasteiger partial charge in [0, 0.05) is 45.9 Å². The molecule has 2 aliphatic heterocycles. The minimum Gasteiger partial charge on any atom is -0.381 e. The summed E-state index contributed by atoms with van der Waals surface area (Å²) >= 11 is 0. The van der Waals surface area contributed by atoms with Gasteiger partial charge in [-0.05, 0) is 36.1 Å². The van der Waals surface area contributed by atoms with Crippen LogP contribution in [0.4, 0.5) is 13.2 Å². The number of methoxy groups -OCH3 is 1. The maximum absolute atomic E-state index is 13.4. The van der Waals surface area contributed by atoms with Gasteiger partial charge in [-0.15, -0.1) is 0 Å². The molecule has 0 radical (unpaired) electrons. The van der Waals surface area contributed by atoms with Crippen LogP contribution in [0.15, 0.2) is 12.1 Å². The fourth-order valence-corrected chi connectivity index (χ4v) is 3.51. The minimum atomic E-state index is -4.45. The van der Waals surface area contributed by atoms with Crippen LogP contribution in [0.2, 0.25) is 0 Å². The highest BCUT2D eigenvalue weighted by Crippen LogP contribution is 2.38. The second-order valence-corrected chi connectivity index (χ2v) is 6.54. The van der Waals surface area contributed by atoms with Crippen LogP contribution in [0.25, 0.3) is 0 Å². The number of rotatable bonds is 3. The van der Waals surface area contributed by atoms with E-state index >= 15 is 0 Å². The van der Waals surface area contributed by atoms with Crippen molar-refractivity contribution in [1.82, 2.24) is 9.80 Å². The first-order valence-corrected chi connectivity index (χ1v) is 8.03. The van der Waals surface area contributed by atoms with Gasteiger partial charge in [-0.25, -0.2) is 0 Å². The van der Waals surface area contributed by atoms with Gasteiger partial charge in [0.15, 0.2) is 0 Å². The fraction of sp³-hybridized carbons (Fsp3) is 0.588. The average molecular weight is 342 g/mol. The summed E-state index contributed by atoms with van der Waals surface area (Å²) in [7, 11) is 3.20. The molecule has 0 aromatic heterocycles. The molecule has 0 N–H and O–H groups in total. The number of hydrogen-bond donors (Lipinski definition) is 0. The Morgan fingerprint density at radius 2 is 1.92 bits per heavy atom. The predicted octanol–water partition coefficient (Wildman–Crippen LogP) is 2.90. The van der Waals surface area contributed by atoms with Crippen molar-refractivity contribution in [3.63, 3.8) is 0 Å². The summed E-state index contributed by atoms with van der Waals surface area (Å²) < 4.78 is 45.5. The summed E-state index contributed by atoms with van der Waals surface area (Å²) in [4.78, 5) is 15.6. The molecular formula is C17H21F3N2O2. The largest absolute Gasteiger partial charge is 0.416 e. The van der Waals surface area contributed by atoms with Gasteiger partial charge in [-0.3, -0.25) is 9.69 Å². The highest BCUT2D eigenvalue weighted by Gasteiger charge is 2.39. The van der Waals surface area contributed by atoms with E-state index in [-0.39, 0.29) is 29.7 Å². The first kappa shape index (κ1) is 17.2. The van der Waals surface area contributed by atoms with Crippen LogP contribution in [0.1, 0.15) is 39.9 Å². The number of nitrogens with zero attached hydrogens (tertiary/aromatic N) is 2. The van der Waals surface area contributed by atoms with Crippen molar-refractivity contribution in [2.75, 3.05) is 27.2 Å². The van der Waals surface area contributed by atoms with Gasteiger partial charge in [-0.1, -0.05) is 0 Å². The van der Waals surface area contributed by atoms with Crippen molar-refractivity contribution >= 4 is 5.91 Å². The lowest BCUT2D eigenvalue weighted by Gasteiger charge is -2.31. The lowest BCUT2D eigenvalue weighted by Crippen LogP contribution is -2.36. The third kappa shape index (κ3) is 3.28. The minimum absolute atomic E-state index is 0.0164. The standard InChI is InChI=1S/C17H21F3N2O2/c1-21-10-14-13(16(21)23)7-11(8-15(14)17(18,19)20)9-22-5-3-12(24-2)4-6-22/h7-8,12H,3-6,9-10H2,1-2H3. The van der Waals surface area contributed by atoms with E-state index in [1.807, 2.05) is 0 Å². The second-order valence-electron chi connectivity index (χ2n) is 6.54. The molecule has 0 aliphatic carbocycles. The van der Waals surface area contributed by atoms with E-state index in [0.717, 1.165) is 25.9 Å². The summed E-state index contributed by atoms with van der Waals surface area (Å²) in [6.07, 6.45) is -2.48. The van der Waals surface area contributed by atoms with Crippen molar-refractivity contribution < 1.29 is 22.7 Å². The molecule has 0 saturated carbocycles. The number of benzene rings is 1. The van der Waals surface area contributed by atoms with Crippen LogP contribution in [-0.2, 0) is 24.0 Å². The Bertz CT molecular complexity index is 637. The van der Waals surface area contributed by atoms with Crippen molar-refractivity contribution in [1.29, 1.82) is 0 Å². The van der Waals surface area contributed by atoms with E-state index in [1.54, 1.807) is 13.2 Å². The third-order valence-corrected chi connectivity index (χ3v) is 4.86. The summed E-state index contributed by atoms with van der Waals surface area (Å²) in [6, 6.07) is 2.83. The van der Waals surface area contributed by atoms with Crippen molar-refractivity contribution in [2.45, 2.75) is 38.2 Å². The number of amides is 1. The van der Waals surface area contributed by atoms with Gasteiger partial charge < -0.3 is 9.64 Å². The quantitative estimate of drug-likeness (QED) is 0.847. The number of hydrogen-bond acceptors (Lipinski definition) is 3. The smallest absolute Gasteiger partial charge is 0.381 e. The Labute approximate surface area is 139 Å². The molecule has 0 bridgehead atoms. The van der Waals surface area contributed by atoms with Crippen LogP contribution in [0, 0.1) is 0 Å². The van der Waals surface area contributed by atoms with Crippen LogP contribution in [0.3, 0.4) is 0 Å². The first-order valence-electron chi connectivity index (χ1n) is 8.03. The monoisotopic (exact) mass is 342 g/mol. The average Bonchev–Trinajstić information content (AvgIpc) is 2.82. The molecule has 0 spiro atoms. The highest BCUT2D eigenvalue weighted by atomic mass is 19.4. The zero-order valence-corrected chi connectivity index (χ0v) is 13.8.